The van der Waals surface area contributed by atoms with Crippen LogP contribution in [0.3, 0.4) is 0 Å². The van der Waals surface area contributed by atoms with E-state index in [-0.39, 0.29) is 5.91 Å². The van der Waals surface area contributed by atoms with Crippen LogP contribution in [0.25, 0.3) is 20.4 Å². The summed E-state index contributed by atoms with van der Waals surface area (Å²) < 4.78 is 1.11. The van der Waals surface area contributed by atoms with Crippen LogP contribution in [0.15, 0.2) is 42.0 Å². The van der Waals surface area contributed by atoms with E-state index >= 15 is 0 Å². The summed E-state index contributed by atoms with van der Waals surface area (Å²) in [5, 5.41) is 3.95. The Morgan fingerprint density at radius 3 is 2.77 bits per heavy atom. The van der Waals surface area contributed by atoms with Crippen molar-refractivity contribution in [1.29, 1.82) is 0 Å². The highest BCUT2D eigenvalue weighted by Crippen LogP contribution is 2.29. The second kappa shape index (κ2) is 8.25. The van der Waals surface area contributed by atoms with Crippen molar-refractivity contribution < 1.29 is 4.79 Å². The van der Waals surface area contributed by atoms with Crippen molar-refractivity contribution in [2.75, 3.05) is 49.1 Å². The molecule has 0 atom stereocenters. The second-order valence-corrected chi connectivity index (χ2v) is 9.11. The number of aromatic nitrogens is 3. The van der Waals surface area contributed by atoms with Crippen LogP contribution in [0, 0.1) is 0 Å². The van der Waals surface area contributed by atoms with Crippen LogP contribution in [0.2, 0.25) is 0 Å². The largest absolute Gasteiger partial charge is 0.353 e. The summed E-state index contributed by atoms with van der Waals surface area (Å²) in [5.74, 6) is 1.10. The number of carbonyl (C=O) groups is 1. The third-order valence-corrected chi connectivity index (χ3v) is 7.28. The number of amides is 1. The minimum Gasteiger partial charge on any atom is -0.353 e. The second-order valence-electron chi connectivity index (χ2n) is 7.20. The number of thiophene rings is 1. The molecule has 4 heterocycles. The van der Waals surface area contributed by atoms with E-state index in [1.807, 2.05) is 31.2 Å². The number of benzene rings is 1. The molecule has 1 aromatic carbocycles. The molecular formula is C21H22N6OS2. The maximum Gasteiger partial charge on any atom is 0.242 e. The zero-order valence-electron chi connectivity index (χ0n) is 16.7. The van der Waals surface area contributed by atoms with Crippen molar-refractivity contribution in [3.05, 3.63) is 42.0 Å². The van der Waals surface area contributed by atoms with E-state index in [9.17, 15) is 4.79 Å². The van der Waals surface area contributed by atoms with Gasteiger partial charge in [-0.2, -0.15) is 0 Å². The van der Waals surface area contributed by atoms with Gasteiger partial charge in [0.15, 0.2) is 5.13 Å². The molecule has 30 heavy (non-hydrogen) atoms. The number of rotatable bonds is 5. The molecule has 1 aliphatic heterocycles. The normalized spacial score (nSPS) is 15.2. The van der Waals surface area contributed by atoms with Crippen LogP contribution in [0.4, 0.5) is 10.9 Å². The average molecular weight is 439 g/mol. The first-order valence-corrected chi connectivity index (χ1v) is 11.7. The van der Waals surface area contributed by atoms with E-state index in [0.717, 1.165) is 57.6 Å². The Kier molecular flexibility index (Phi) is 5.32. The van der Waals surface area contributed by atoms with Gasteiger partial charge in [0, 0.05) is 32.7 Å². The lowest BCUT2D eigenvalue weighted by Crippen LogP contribution is -2.50. The van der Waals surface area contributed by atoms with Gasteiger partial charge in [-0.25, -0.2) is 15.0 Å². The highest BCUT2D eigenvalue weighted by Gasteiger charge is 2.25. The molecule has 1 amide bonds. The minimum absolute atomic E-state index is 0.104. The molecule has 0 radical (unpaired) electrons. The van der Waals surface area contributed by atoms with Crippen molar-refractivity contribution in [2.24, 2.45) is 0 Å². The Balaban J connectivity index is 1.24. The predicted octanol–water partition coefficient (Wildman–Crippen LogP) is 3.48. The lowest BCUT2D eigenvalue weighted by atomic mass is 10.2. The first-order valence-electron chi connectivity index (χ1n) is 10.0. The van der Waals surface area contributed by atoms with Crippen molar-refractivity contribution in [2.45, 2.75) is 6.92 Å². The molecule has 0 bridgehead atoms. The van der Waals surface area contributed by atoms with Gasteiger partial charge in [0.1, 0.15) is 17.0 Å². The molecule has 0 spiro atoms. The van der Waals surface area contributed by atoms with Gasteiger partial charge >= 0.3 is 0 Å². The first kappa shape index (κ1) is 19.3. The van der Waals surface area contributed by atoms with Crippen LogP contribution < -0.4 is 9.80 Å². The number of thiazole rings is 1. The maximum atomic E-state index is 13.0. The molecule has 0 saturated carbocycles. The summed E-state index contributed by atoms with van der Waals surface area (Å²) in [7, 11) is 0. The van der Waals surface area contributed by atoms with Crippen molar-refractivity contribution >= 4 is 60.0 Å². The van der Waals surface area contributed by atoms with Crippen molar-refractivity contribution in [3.63, 3.8) is 0 Å². The zero-order valence-corrected chi connectivity index (χ0v) is 18.3. The summed E-state index contributed by atoms with van der Waals surface area (Å²) in [6, 6.07) is 10.1. The summed E-state index contributed by atoms with van der Waals surface area (Å²) in [4.78, 5) is 33.9. The Labute approximate surface area is 182 Å². The number of nitrogens with zero attached hydrogens (tertiary/aromatic N) is 6. The van der Waals surface area contributed by atoms with E-state index in [1.54, 1.807) is 33.9 Å². The molecule has 7 nitrogen and oxygen atoms in total. The van der Waals surface area contributed by atoms with Gasteiger partial charge in [0.05, 0.1) is 22.1 Å². The monoisotopic (exact) mass is 438 g/mol. The molecule has 1 fully saturated rings. The lowest BCUT2D eigenvalue weighted by molar-refractivity contribution is -0.119. The Morgan fingerprint density at radius 1 is 1.13 bits per heavy atom. The molecule has 0 unspecified atom stereocenters. The molecule has 1 saturated heterocycles. The third kappa shape index (κ3) is 3.64. The number of hydrogen-bond acceptors (Lipinski definition) is 8. The predicted molar refractivity (Wildman–Crippen MR) is 124 cm³/mol. The first-order chi connectivity index (χ1) is 14.7. The van der Waals surface area contributed by atoms with Gasteiger partial charge in [-0.3, -0.25) is 14.6 Å². The number of carbonyl (C=O) groups excluding carboxylic acids is 1. The Morgan fingerprint density at radius 2 is 1.97 bits per heavy atom. The van der Waals surface area contributed by atoms with E-state index in [1.165, 1.54) is 0 Å². The molecule has 9 heteroatoms. The van der Waals surface area contributed by atoms with Crippen LogP contribution >= 0.6 is 22.7 Å². The molecular weight excluding hydrogens is 416 g/mol. The van der Waals surface area contributed by atoms with Gasteiger partial charge < -0.3 is 4.90 Å². The Bertz CT molecular complexity index is 1150. The van der Waals surface area contributed by atoms with Crippen molar-refractivity contribution in [1.82, 2.24) is 19.9 Å². The Hall–Kier alpha value is -2.62. The number of piperazine rings is 1. The third-order valence-electron chi connectivity index (χ3n) is 5.40. The van der Waals surface area contributed by atoms with E-state index in [4.69, 9.17) is 0 Å². The van der Waals surface area contributed by atoms with Crippen LogP contribution in [0.1, 0.15) is 6.92 Å². The van der Waals surface area contributed by atoms with Gasteiger partial charge in [0.2, 0.25) is 5.91 Å². The maximum absolute atomic E-state index is 13.0. The van der Waals surface area contributed by atoms with Gasteiger partial charge in [-0.15, -0.1) is 11.3 Å². The summed E-state index contributed by atoms with van der Waals surface area (Å²) >= 11 is 3.21. The fraction of sp³-hybridized carbons (Fsp3) is 0.333. The van der Waals surface area contributed by atoms with Crippen LogP contribution in [-0.2, 0) is 4.79 Å². The number of fused-ring (bicyclic) bond motifs is 2. The highest BCUT2D eigenvalue weighted by molar-refractivity contribution is 7.22. The van der Waals surface area contributed by atoms with E-state index in [2.05, 4.69) is 36.2 Å². The summed E-state index contributed by atoms with van der Waals surface area (Å²) in [6.45, 7) is 6.40. The van der Waals surface area contributed by atoms with Gasteiger partial charge in [-0.1, -0.05) is 23.5 Å². The number of anilines is 2. The molecule has 0 N–H and O–H groups in total. The SMILES string of the molecule is CCN(C(=O)CN1CCN(c2ncnc3sccc23)CC1)c1nc2ccccc2s1. The van der Waals surface area contributed by atoms with Crippen LogP contribution in [-0.4, -0.2) is 65.0 Å². The molecule has 4 aromatic rings. The average Bonchev–Trinajstić information content (AvgIpc) is 3.41. The van der Waals surface area contributed by atoms with Crippen molar-refractivity contribution in [3.8, 4) is 0 Å². The number of hydrogen-bond donors (Lipinski definition) is 0. The quantitative estimate of drug-likeness (QED) is 0.475. The number of likely N-dealkylation sites (N-methyl/N-ethyl adjacent to an activating group) is 1. The zero-order chi connectivity index (χ0) is 20.5. The smallest absolute Gasteiger partial charge is 0.242 e. The molecule has 0 aliphatic carbocycles. The highest BCUT2D eigenvalue weighted by atomic mass is 32.1. The number of para-hydroxylation sites is 1. The summed E-state index contributed by atoms with van der Waals surface area (Å²) in [5.41, 5.74) is 0.946. The summed E-state index contributed by atoms with van der Waals surface area (Å²) in [6.07, 6.45) is 1.64. The standard InChI is InChI=1S/C21H22N6OS2/c1-2-27(21-24-16-5-3-4-6-17(16)30-21)18(28)13-25-8-10-26(11-9-25)19-15-7-12-29-20(15)23-14-22-19/h3-7,12,14H,2,8-11,13H2,1H3. The minimum atomic E-state index is 0.104. The lowest BCUT2D eigenvalue weighted by Gasteiger charge is -2.35. The van der Waals surface area contributed by atoms with Crippen LogP contribution in [0.5, 0.6) is 0 Å². The van der Waals surface area contributed by atoms with Gasteiger partial charge in [-0.05, 0) is 30.5 Å². The molecule has 1 aliphatic rings. The van der Waals surface area contributed by atoms with Gasteiger partial charge in [0.25, 0.3) is 0 Å². The van der Waals surface area contributed by atoms with E-state index in [0.29, 0.717) is 13.1 Å². The molecule has 5 rings (SSSR count). The fourth-order valence-electron chi connectivity index (χ4n) is 3.82. The van der Waals surface area contributed by atoms with E-state index < -0.39 is 0 Å². The molecule has 3 aromatic heterocycles. The molecule has 154 valence electrons. The fourth-order valence-corrected chi connectivity index (χ4v) is 5.59. The topological polar surface area (TPSA) is 65.5 Å².